The van der Waals surface area contributed by atoms with Crippen molar-refractivity contribution in [3.05, 3.63) is 93.0 Å². The average Bonchev–Trinajstić information content (AvgIpc) is 3.39. The van der Waals surface area contributed by atoms with E-state index in [0.717, 1.165) is 22.4 Å². The highest BCUT2D eigenvalue weighted by atomic mass is 32.1. The van der Waals surface area contributed by atoms with E-state index in [1.165, 1.54) is 17.8 Å². The maximum absolute atomic E-state index is 13.0. The van der Waals surface area contributed by atoms with Crippen LogP contribution in [0.3, 0.4) is 0 Å². The molecule has 0 aromatic carbocycles. The smallest absolute Gasteiger partial charge is 0.298 e. The number of carbonyl (C=O) groups is 3. The van der Waals surface area contributed by atoms with Gasteiger partial charge in [-0.3, -0.25) is 19.4 Å². The van der Waals surface area contributed by atoms with Crippen LogP contribution in [0.4, 0.5) is 0 Å². The lowest BCUT2D eigenvalue weighted by molar-refractivity contribution is -0.125. The highest BCUT2D eigenvalue weighted by molar-refractivity contribution is 7.14. The molecule has 42 heavy (non-hydrogen) atoms. The Labute approximate surface area is 255 Å². The van der Waals surface area contributed by atoms with Crippen LogP contribution in [-0.2, 0) is 20.7 Å². The summed E-state index contributed by atoms with van der Waals surface area (Å²) in [4.78, 5) is 40.6. The maximum atomic E-state index is 13.0. The Hall–Kier alpha value is -4.18. The van der Waals surface area contributed by atoms with E-state index in [0.29, 0.717) is 47.9 Å². The van der Waals surface area contributed by atoms with Gasteiger partial charge in [0.2, 0.25) is 0 Å². The molecule has 0 radical (unpaired) electrons. The van der Waals surface area contributed by atoms with E-state index in [1.54, 1.807) is 50.8 Å². The maximum Gasteiger partial charge on any atom is 0.298 e. The molecule has 0 saturated heterocycles. The van der Waals surface area contributed by atoms with Crippen molar-refractivity contribution in [2.45, 2.75) is 67.7 Å². The van der Waals surface area contributed by atoms with Crippen molar-refractivity contribution in [1.82, 2.24) is 16.0 Å². The van der Waals surface area contributed by atoms with Crippen molar-refractivity contribution in [1.29, 1.82) is 0 Å². The van der Waals surface area contributed by atoms with Crippen molar-refractivity contribution in [3.8, 4) is 0 Å². The van der Waals surface area contributed by atoms with Gasteiger partial charge in [-0.15, -0.1) is 11.3 Å². The first-order valence-electron chi connectivity index (χ1n) is 14.1. The second kappa shape index (κ2) is 23.5. The van der Waals surface area contributed by atoms with Crippen LogP contribution in [0.25, 0.3) is 0 Å². The van der Waals surface area contributed by atoms with Crippen LogP contribution in [0.15, 0.2) is 88.2 Å². The Bertz CT molecular complexity index is 1200. The average molecular weight is 598 g/mol. The number of allylic oxidation sites excluding steroid dienone is 4. The number of carbonyl (C=O) groups excluding carboxylic acids is 3. The molecule has 0 fully saturated rings. The second-order valence-corrected chi connectivity index (χ2v) is 9.67. The van der Waals surface area contributed by atoms with Gasteiger partial charge in [-0.25, -0.2) is 0 Å². The summed E-state index contributed by atoms with van der Waals surface area (Å²) in [5.41, 5.74) is 7.97. The first-order valence-corrected chi connectivity index (χ1v) is 15.0. The summed E-state index contributed by atoms with van der Waals surface area (Å²) >= 11 is 1.39. The summed E-state index contributed by atoms with van der Waals surface area (Å²) in [6, 6.07) is 3.62. The summed E-state index contributed by atoms with van der Waals surface area (Å²) in [6.45, 7) is 15.1. The monoisotopic (exact) mass is 597 g/mol. The molecule has 1 aliphatic carbocycles. The third-order valence-electron chi connectivity index (χ3n) is 5.16. The van der Waals surface area contributed by atoms with Crippen LogP contribution in [0.5, 0.6) is 0 Å². The lowest BCUT2D eigenvalue weighted by Gasteiger charge is -2.12. The lowest BCUT2D eigenvalue weighted by Crippen LogP contribution is -2.29. The molecule has 0 saturated carbocycles. The number of amides is 2. The molecule has 5 N–H and O–H groups in total. The molecule has 0 bridgehead atoms. The number of nitrogens with one attached hydrogen (secondary N) is 3. The summed E-state index contributed by atoms with van der Waals surface area (Å²) in [7, 11) is 0. The van der Waals surface area contributed by atoms with Gasteiger partial charge in [0.05, 0.1) is 22.3 Å². The molecular formula is C32H47N5O4S. The van der Waals surface area contributed by atoms with E-state index in [9.17, 15) is 14.4 Å². The molecule has 9 nitrogen and oxygen atoms in total. The van der Waals surface area contributed by atoms with Crippen LogP contribution in [0.2, 0.25) is 0 Å². The van der Waals surface area contributed by atoms with E-state index in [1.807, 2.05) is 45.1 Å². The van der Waals surface area contributed by atoms with E-state index in [-0.39, 0.29) is 5.91 Å². The van der Waals surface area contributed by atoms with E-state index in [4.69, 9.17) is 10.5 Å². The molecule has 1 aromatic rings. The zero-order valence-electron chi connectivity index (χ0n) is 26.0. The van der Waals surface area contributed by atoms with Crippen LogP contribution >= 0.6 is 11.3 Å². The van der Waals surface area contributed by atoms with Crippen LogP contribution < -0.4 is 21.7 Å². The van der Waals surface area contributed by atoms with E-state index < -0.39 is 5.91 Å². The van der Waals surface area contributed by atoms with Crippen molar-refractivity contribution >= 4 is 35.8 Å². The Balaban J connectivity index is 0.00000315. The van der Waals surface area contributed by atoms with Gasteiger partial charge in [-0.1, -0.05) is 58.4 Å². The number of nitrogens with zero attached hydrogens (tertiary/aromatic N) is 1. The van der Waals surface area contributed by atoms with Gasteiger partial charge < -0.3 is 26.4 Å². The first kappa shape index (κ1) is 37.8. The number of nitrogens with two attached hydrogens (primary N) is 1. The largest absolute Gasteiger partial charge is 0.433 e. The minimum absolute atomic E-state index is 0.263. The van der Waals surface area contributed by atoms with Gasteiger partial charge in [-0.05, 0) is 50.5 Å². The number of hydrogen-bond donors (Lipinski definition) is 4. The Morgan fingerprint density at radius 1 is 1.17 bits per heavy atom. The number of aliphatic imine (C=N–C) groups is 1. The first-order chi connectivity index (χ1) is 20.3. The molecule has 10 heteroatoms. The minimum atomic E-state index is -0.418. The summed E-state index contributed by atoms with van der Waals surface area (Å²) in [5, 5.41) is 9.21. The van der Waals surface area contributed by atoms with Crippen LogP contribution in [-0.4, -0.2) is 37.6 Å². The fourth-order valence-electron chi connectivity index (χ4n) is 3.33. The summed E-state index contributed by atoms with van der Waals surface area (Å²) < 4.78 is 5.02. The molecule has 0 atom stereocenters. The Morgan fingerprint density at radius 2 is 1.88 bits per heavy atom. The van der Waals surface area contributed by atoms with Gasteiger partial charge in [0.1, 0.15) is 5.76 Å². The number of ether oxygens (including phenoxy) is 1. The zero-order chi connectivity index (χ0) is 31.8. The van der Waals surface area contributed by atoms with Crippen molar-refractivity contribution < 1.29 is 19.1 Å². The topological polar surface area (TPSA) is 135 Å². The van der Waals surface area contributed by atoms with Crippen molar-refractivity contribution in [2.75, 3.05) is 13.1 Å². The minimum Gasteiger partial charge on any atom is -0.433 e. The standard InChI is InChI=1S/C27H33N5O4S.C3H8.C2H6/c1-4-22(27(35)32-16-20-7-6-8-24(36-18-33)19(3)15-20)23(17-29-5-2)31-14-13-30-12-11-21-9-10-25(37-21)26(28)34;1-3-2;1-2/h4-7,9-10,13-15,17-18,30-31H,8,11-12,16H2,1-3H3,(H2,28,34)(H,32,35);3H2,1-2H3;1-2H3/b14-13+,22-4-,23-17+,29-5?;;. The number of primary amides is 1. The van der Waals surface area contributed by atoms with Gasteiger partial charge in [0, 0.05) is 43.0 Å². The highest BCUT2D eigenvalue weighted by Gasteiger charge is 2.14. The van der Waals surface area contributed by atoms with Gasteiger partial charge in [-0.2, -0.15) is 0 Å². The molecule has 1 aromatic heterocycles. The lowest BCUT2D eigenvalue weighted by atomic mass is 10.1. The molecule has 2 amide bonds. The van der Waals surface area contributed by atoms with Gasteiger partial charge in [0.15, 0.2) is 0 Å². The fraction of sp³-hybridized carbons (Fsp3) is 0.375. The number of thiophene rings is 1. The normalized spacial score (nSPS) is 13.4. The fourth-order valence-corrected chi connectivity index (χ4v) is 4.19. The molecule has 0 unspecified atom stereocenters. The molecule has 0 aliphatic heterocycles. The van der Waals surface area contributed by atoms with Crippen molar-refractivity contribution in [3.63, 3.8) is 0 Å². The molecular weight excluding hydrogens is 550 g/mol. The predicted octanol–water partition coefficient (Wildman–Crippen LogP) is 5.81. The SMILES string of the molecule is CC.CC=N/C=C(N/C=C/NCCc1ccc(C(N)=O)s1)\C(=C\C)C(=O)NCC1=CC(C)=C(OC=O)CC=C1.CCC. The molecule has 1 aliphatic rings. The van der Waals surface area contributed by atoms with Gasteiger partial charge in [0.25, 0.3) is 18.3 Å². The van der Waals surface area contributed by atoms with Crippen LogP contribution in [0, 0.1) is 0 Å². The Kier molecular flexibility index (Phi) is 21.2. The molecule has 1 heterocycles. The number of hydrogen-bond acceptors (Lipinski definition) is 8. The van der Waals surface area contributed by atoms with Crippen LogP contribution in [0.1, 0.15) is 75.9 Å². The Morgan fingerprint density at radius 3 is 2.48 bits per heavy atom. The quantitative estimate of drug-likeness (QED) is 0.0703. The molecule has 2 rings (SSSR count). The third-order valence-corrected chi connectivity index (χ3v) is 6.32. The highest BCUT2D eigenvalue weighted by Crippen LogP contribution is 2.18. The van der Waals surface area contributed by atoms with Crippen molar-refractivity contribution in [2.24, 2.45) is 10.7 Å². The van der Waals surface area contributed by atoms with E-state index in [2.05, 4.69) is 34.8 Å². The summed E-state index contributed by atoms with van der Waals surface area (Å²) in [6.07, 6.45) is 16.5. The molecule has 230 valence electrons. The van der Waals surface area contributed by atoms with Gasteiger partial charge >= 0.3 is 0 Å². The third kappa shape index (κ3) is 15.0. The molecule has 0 spiro atoms. The van der Waals surface area contributed by atoms with E-state index >= 15 is 0 Å². The second-order valence-electron chi connectivity index (χ2n) is 8.50. The number of rotatable bonds is 14. The zero-order valence-corrected chi connectivity index (χ0v) is 26.8. The predicted molar refractivity (Wildman–Crippen MR) is 175 cm³/mol. The summed E-state index contributed by atoms with van der Waals surface area (Å²) in [5.74, 6) is -0.0972.